The second-order valence-electron chi connectivity index (χ2n) is 14.7. The number of hydrogen-bond donors (Lipinski definition) is 0. The molecule has 0 bridgehead atoms. The van der Waals surface area contributed by atoms with Crippen molar-refractivity contribution in [2.45, 2.75) is 96.4 Å². The quantitative estimate of drug-likeness (QED) is 0.210. The van der Waals surface area contributed by atoms with E-state index in [1.54, 1.807) is 36.3 Å². The summed E-state index contributed by atoms with van der Waals surface area (Å²) in [4.78, 5) is 30.7. The first-order valence-electron chi connectivity index (χ1n) is 16.4. The van der Waals surface area contributed by atoms with Crippen LogP contribution in [-0.2, 0) is 15.6 Å². The van der Waals surface area contributed by atoms with Crippen LogP contribution in [0.3, 0.4) is 0 Å². The summed E-state index contributed by atoms with van der Waals surface area (Å²) in [5.74, 6) is 0.276. The van der Waals surface area contributed by atoms with E-state index in [4.69, 9.17) is 4.74 Å². The SMILES string of the molecule is COc1c(C(C)(C)C)cc(C(=O)N(C)C2CCN(C(=O)CCCCC(c3ccc(F)cc3)c3ccc(F)cc3)C2)cc1C(C)(C)C. The molecule has 0 aliphatic carbocycles. The molecule has 1 aliphatic rings. The minimum absolute atomic E-state index is 0.0114. The molecule has 3 aromatic rings. The van der Waals surface area contributed by atoms with Gasteiger partial charge in [-0.25, -0.2) is 8.78 Å². The van der Waals surface area contributed by atoms with Gasteiger partial charge in [0.2, 0.25) is 5.91 Å². The molecule has 1 unspecified atom stereocenters. The van der Waals surface area contributed by atoms with Crippen molar-refractivity contribution in [2.24, 2.45) is 0 Å². The predicted molar refractivity (Wildman–Crippen MR) is 181 cm³/mol. The molecule has 4 rings (SSSR count). The number of benzene rings is 3. The number of carbonyl (C=O) groups excluding carboxylic acids is 2. The highest BCUT2D eigenvalue weighted by molar-refractivity contribution is 5.95. The Morgan fingerprint density at radius 3 is 1.83 bits per heavy atom. The van der Waals surface area contributed by atoms with Gasteiger partial charge < -0.3 is 14.5 Å². The Hall–Kier alpha value is -3.74. The molecule has 7 heteroatoms. The molecule has 248 valence electrons. The summed E-state index contributed by atoms with van der Waals surface area (Å²) in [7, 11) is 3.52. The van der Waals surface area contributed by atoms with E-state index < -0.39 is 0 Å². The molecular weight excluding hydrogens is 582 g/mol. The summed E-state index contributed by atoms with van der Waals surface area (Å²) in [6.07, 6.45) is 3.43. The molecule has 3 aromatic carbocycles. The Bertz CT molecular complexity index is 1420. The minimum atomic E-state index is -0.295. The third-order valence-corrected chi connectivity index (χ3v) is 9.22. The molecule has 1 atom stereocenters. The van der Waals surface area contributed by atoms with Crippen molar-refractivity contribution in [1.29, 1.82) is 0 Å². The number of amides is 2. The Balaban J connectivity index is 1.37. The summed E-state index contributed by atoms with van der Waals surface area (Å²) in [5, 5.41) is 0. The fourth-order valence-electron chi connectivity index (χ4n) is 6.44. The van der Waals surface area contributed by atoms with E-state index in [1.165, 1.54) is 24.3 Å². The van der Waals surface area contributed by atoms with Crippen LogP contribution in [0.4, 0.5) is 8.78 Å². The normalized spacial score (nSPS) is 15.4. The highest BCUT2D eigenvalue weighted by Crippen LogP contribution is 2.41. The number of nitrogens with zero attached hydrogens (tertiary/aromatic N) is 2. The largest absolute Gasteiger partial charge is 0.496 e. The van der Waals surface area contributed by atoms with Gasteiger partial charge in [0, 0.05) is 49.2 Å². The van der Waals surface area contributed by atoms with Crippen molar-refractivity contribution in [3.8, 4) is 5.75 Å². The number of likely N-dealkylation sites (tertiary alicyclic amines) is 1. The van der Waals surface area contributed by atoms with E-state index in [-0.39, 0.29) is 46.2 Å². The lowest BCUT2D eigenvalue weighted by Gasteiger charge is -2.31. The van der Waals surface area contributed by atoms with Crippen molar-refractivity contribution in [3.63, 3.8) is 0 Å². The smallest absolute Gasteiger partial charge is 0.253 e. The zero-order chi connectivity index (χ0) is 33.8. The van der Waals surface area contributed by atoms with E-state index in [0.29, 0.717) is 31.5 Å². The standard InChI is InChI=1S/C39H50F2N2O3/c1-38(2,3)33-23-28(24-34(36(33)46-8)39(4,5)6)37(45)42(7)31-21-22-43(25-31)35(44)12-10-9-11-32(26-13-17-29(40)18-14-26)27-15-19-30(41)20-16-27/h13-20,23-24,31-32H,9-12,21-22,25H2,1-8H3. The molecule has 46 heavy (non-hydrogen) atoms. The fourth-order valence-corrected chi connectivity index (χ4v) is 6.44. The summed E-state index contributed by atoms with van der Waals surface area (Å²) < 4.78 is 33.0. The third-order valence-electron chi connectivity index (χ3n) is 9.22. The molecule has 0 radical (unpaired) electrons. The highest BCUT2D eigenvalue weighted by atomic mass is 19.1. The molecule has 1 aliphatic heterocycles. The van der Waals surface area contributed by atoms with E-state index in [2.05, 4.69) is 41.5 Å². The average Bonchev–Trinajstić information content (AvgIpc) is 3.50. The molecule has 1 saturated heterocycles. The van der Waals surface area contributed by atoms with E-state index in [1.807, 2.05) is 24.1 Å². The zero-order valence-corrected chi connectivity index (χ0v) is 28.8. The second-order valence-corrected chi connectivity index (χ2v) is 14.7. The Morgan fingerprint density at radius 1 is 0.870 bits per heavy atom. The van der Waals surface area contributed by atoms with Gasteiger partial charge in [0.15, 0.2) is 0 Å². The average molecular weight is 633 g/mol. The van der Waals surface area contributed by atoms with Crippen molar-refractivity contribution in [1.82, 2.24) is 9.80 Å². The summed E-state index contributed by atoms with van der Waals surface area (Å²) >= 11 is 0. The third kappa shape index (κ3) is 8.34. The number of ether oxygens (including phenoxy) is 1. The number of methoxy groups -OCH3 is 1. The van der Waals surface area contributed by atoms with E-state index >= 15 is 0 Å². The zero-order valence-electron chi connectivity index (χ0n) is 28.8. The van der Waals surface area contributed by atoms with Crippen LogP contribution in [0.1, 0.15) is 112 Å². The van der Waals surface area contributed by atoms with Gasteiger partial charge >= 0.3 is 0 Å². The minimum Gasteiger partial charge on any atom is -0.496 e. The molecule has 0 N–H and O–H groups in total. The Kier molecular flexibility index (Phi) is 11.0. The van der Waals surface area contributed by atoms with Crippen LogP contribution in [0.15, 0.2) is 60.7 Å². The van der Waals surface area contributed by atoms with Crippen molar-refractivity contribution in [3.05, 3.63) is 100 Å². The van der Waals surface area contributed by atoms with Crippen LogP contribution >= 0.6 is 0 Å². The Morgan fingerprint density at radius 2 is 1.37 bits per heavy atom. The van der Waals surface area contributed by atoms with Gasteiger partial charge in [-0.05, 0) is 77.6 Å². The van der Waals surface area contributed by atoms with Gasteiger partial charge in [0.1, 0.15) is 17.4 Å². The first-order valence-corrected chi connectivity index (χ1v) is 16.4. The lowest BCUT2D eigenvalue weighted by atomic mass is 9.78. The Labute approximate surface area is 273 Å². The molecule has 1 heterocycles. The lowest BCUT2D eigenvalue weighted by molar-refractivity contribution is -0.130. The van der Waals surface area contributed by atoms with Gasteiger partial charge in [0.25, 0.3) is 5.91 Å². The summed E-state index contributed by atoms with van der Waals surface area (Å²) in [6.45, 7) is 13.9. The fraction of sp³-hybridized carbons (Fsp3) is 0.487. The number of rotatable bonds is 10. The maximum atomic E-state index is 13.9. The maximum Gasteiger partial charge on any atom is 0.253 e. The topological polar surface area (TPSA) is 49.9 Å². The number of carbonyl (C=O) groups is 2. The second kappa shape index (κ2) is 14.4. The van der Waals surface area contributed by atoms with Crippen LogP contribution in [0.5, 0.6) is 5.75 Å². The molecule has 0 spiro atoms. The van der Waals surface area contributed by atoms with Gasteiger partial charge in [0.05, 0.1) is 13.2 Å². The van der Waals surface area contributed by atoms with Crippen LogP contribution in [0, 0.1) is 11.6 Å². The van der Waals surface area contributed by atoms with Crippen molar-refractivity contribution >= 4 is 11.8 Å². The molecule has 0 saturated carbocycles. The first-order chi connectivity index (χ1) is 21.6. The predicted octanol–water partition coefficient (Wildman–Crippen LogP) is 8.63. The van der Waals surface area contributed by atoms with Gasteiger partial charge in [-0.2, -0.15) is 0 Å². The number of hydrogen-bond acceptors (Lipinski definition) is 3. The van der Waals surface area contributed by atoms with Crippen LogP contribution in [0.25, 0.3) is 0 Å². The van der Waals surface area contributed by atoms with Crippen LogP contribution < -0.4 is 4.74 Å². The van der Waals surface area contributed by atoms with Crippen molar-refractivity contribution in [2.75, 3.05) is 27.2 Å². The lowest BCUT2D eigenvalue weighted by Crippen LogP contribution is -2.40. The molecule has 0 aromatic heterocycles. The van der Waals surface area contributed by atoms with E-state index in [9.17, 15) is 18.4 Å². The maximum absolute atomic E-state index is 13.9. The van der Waals surface area contributed by atoms with Crippen LogP contribution in [-0.4, -0.2) is 54.9 Å². The number of likely N-dealkylation sites (N-methyl/N-ethyl adjacent to an activating group) is 1. The first kappa shape index (κ1) is 35.1. The molecule has 5 nitrogen and oxygen atoms in total. The number of unbranched alkanes of at least 4 members (excludes halogenated alkanes) is 1. The van der Waals surface area contributed by atoms with Gasteiger partial charge in [-0.1, -0.05) is 72.2 Å². The molecular formula is C39H50F2N2O3. The van der Waals surface area contributed by atoms with Crippen molar-refractivity contribution < 1.29 is 23.1 Å². The molecule has 1 fully saturated rings. The monoisotopic (exact) mass is 632 g/mol. The summed E-state index contributed by atoms with van der Waals surface area (Å²) in [5.41, 5.74) is 4.15. The number of halogens is 2. The van der Waals surface area contributed by atoms with Crippen LogP contribution in [0.2, 0.25) is 0 Å². The molecule has 2 amide bonds. The van der Waals surface area contributed by atoms with E-state index in [0.717, 1.165) is 47.3 Å². The highest BCUT2D eigenvalue weighted by Gasteiger charge is 2.33. The van der Waals surface area contributed by atoms with Gasteiger partial charge in [-0.15, -0.1) is 0 Å². The summed E-state index contributed by atoms with van der Waals surface area (Å²) in [6, 6.07) is 16.8. The van der Waals surface area contributed by atoms with Gasteiger partial charge in [-0.3, -0.25) is 9.59 Å².